The highest BCUT2D eigenvalue weighted by Gasteiger charge is 2.13. The number of hydrogen-bond acceptors (Lipinski definition) is 4. The average Bonchev–Trinajstić information content (AvgIpc) is 2.83. The van der Waals surface area contributed by atoms with Crippen LogP contribution in [0.5, 0.6) is 11.5 Å². The van der Waals surface area contributed by atoms with E-state index in [-0.39, 0.29) is 11.0 Å². The maximum absolute atomic E-state index is 12.7. The Morgan fingerprint density at radius 3 is 2.45 bits per heavy atom. The van der Waals surface area contributed by atoms with Crippen molar-refractivity contribution in [1.82, 2.24) is 5.32 Å². The molecule has 172 valence electrons. The van der Waals surface area contributed by atoms with Crippen molar-refractivity contribution in [3.63, 3.8) is 0 Å². The van der Waals surface area contributed by atoms with E-state index in [0.717, 1.165) is 37.1 Å². The summed E-state index contributed by atoms with van der Waals surface area (Å²) in [5.41, 5.74) is 2.50. The van der Waals surface area contributed by atoms with E-state index in [0.29, 0.717) is 24.5 Å². The molecular weight excluding hydrogens is 432 g/mol. The number of benzene rings is 3. The van der Waals surface area contributed by atoms with E-state index in [9.17, 15) is 4.79 Å². The zero-order valence-corrected chi connectivity index (χ0v) is 19.7. The Balaban J connectivity index is 1.49. The second-order valence-electron chi connectivity index (χ2n) is 7.57. The summed E-state index contributed by atoms with van der Waals surface area (Å²) in [6, 6.07) is 25.0. The molecule has 0 bridgehead atoms. The summed E-state index contributed by atoms with van der Waals surface area (Å²) in [6.07, 6.45) is 3.85. The number of nitrogens with one attached hydrogen (secondary N) is 2. The van der Waals surface area contributed by atoms with Gasteiger partial charge in [0, 0.05) is 11.8 Å². The molecule has 3 aromatic rings. The minimum Gasteiger partial charge on any atom is -0.494 e. The topological polar surface area (TPSA) is 59.6 Å². The van der Waals surface area contributed by atoms with Crippen molar-refractivity contribution in [2.24, 2.45) is 0 Å². The molecule has 0 unspecified atom stereocenters. The highest BCUT2D eigenvalue weighted by Crippen LogP contribution is 2.20. The van der Waals surface area contributed by atoms with Crippen LogP contribution < -0.4 is 20.1 Å². The van der Waals surface area contributed by atoms with Crippen molar-refractivity contribution in [2.75, 3.05) is 18.5 Å². The van der Waals surface area contributed by atoms with Crippen molar-refractivity contribution < 1.29 is 14.3 Å². The van der Waals surface area contributed by atoms with Crippen LogP contribution in [0.15, 0.2) is 78.9 Å². The van der Waals surface area contributed by atoms with E-state index in [1.54, 1.807) is 18.2 Å². The molecule has 3 aromatic carbocycles. The highest BCUT2D eigenvalue weighted by atomic mass is 32.1. The molecule has 5 nitrogen and oxygen atoms in total. The molecule has 2 N–H and O–H groups in total. The Morgan fingerprint density at radius 1 is 0.879 bits per heavy atom. The fourth-order valence-electron chi connectivity index (χ4n) is 3.21. The predicted molar refractivity (Wildman–Crippen MR) is 137 cm³/mol. The predicted octanol–water partition coefficient (Wildman–Crippen LogP) is 6.00. The van der Waals surface area contributed by atoms with Crippen LogP contribution >= 0.6 is 12.2 Å². The number of unbranched alkanes of at least 4 members (excludes halogenated alkanes) is 1. The van der Waals surface area contributed by atoms with Crippen molar-refractivity contribution in [1.29, 1.82) is 0 Å². The second-order valence-corrected chi connectivity index (χ2v) is 7.98. The Hall–Kier alpha value is -3.38. The van der Waals surface area contributed by atoms with Gasteiger partial charge in [0.05, 0.1) is 18.8 Å². The molecule has 0 aliphatic heterocycles. The van der Waals surface area contributed by atoms with E-state index >= 15 is 0 Å². The van der Waals surface area contributed by atoms with Crippen LogP contribution in [0.25, 0.3) is 0 Å². The van der Waals surface area contributed by atoms with Crippen LogP contribution in [0.2, 0.25) is 0 Å². The van der Waals surface area contributed by atoms with Crippen LogP contribution in [0, 0.1) is 0 Å². The largest absolute Gasteiger partial charge is 0.494 e. The van der Waals surface area contributed by atoms with Gasteiger partial charge in [-0.1, -0.05) is 61.9 Å². The number of para-hydroxylation sites is 1. The Kier molecular flexibility index (Phi) is 9.73. The number of rotatable bonds is 11. The fourth-order valence-corrected chi connectivity index (χ4v) is 3.42. The van der Waals surface area contributed by atoms with Gasteiger partial charge in [0.2, 0.25) is 0 Å². The van der Waals surface area contributed by atoms with Crippen molar-refractivity contribution in [3.05, 3.63) is 90.0 Å². The molecule has 0 fully saturated rings. The van der Waals surface area contributed by atoms with E-state index in [2.05, 4.69) is 29.7 Å². The zero-order valence-electron chi connectivity index (χ0n) is 18.9. The summed E-state index contributed by atoms with van der Waals surface area (Å²) in [5.74, 6) is 0.988. The smallest absolute Gasteiger partial charge is 0.261 e. The third-order valence-corrected chi connectivity index (χ3v) is 5.13. The van der Waals surface area contributed by atoms with Crippen molar-refractivity contribution >= 4 is 28.9 Å². The number of hydrogen-bond donors (Lipinski definition) is 2. The van der Waals surface area contributed by atoms with Gasteiger partial charge in [0.1, 0.15) is 11.5 Å². The third kappa shape index (κ3) is 8.24. The van der Waals surface area contributed by atoms with E-state index < -0.39 is 0 Å². The molecule has 0 heterocycles. The summed E-state index contributed by atoms with van der Waals surface area (Å²) in [5, 5.41) is 5.99. The van der Waals surface area contributed by atoms with E-state index in [4.69, 9.17) is 21.7 Å². The number of aryl methyl sites for hydroxylation is 1. The number of ether oxygens (including phenoxy) is 2. The number of thiocarbonyl (C=S) groups is 1. The monoisotopic (exact) mass is 462 g/mol. The van der Waals surface area contributed by atoms with E-state index in [1.165, 1.54) is 5.56 Å². The molecule has 0 atom stereocenters. The lowest BCUT2D eigenvalue weighted by molar-refractivity contribution is 0.0973. The van der Waals surface area contributed by atoms with Gasteiger partial charge >= 0.3 is 0 Å². The van der Waals surface area contributed by atoms with Crippen LogP contribution in [0.3, 0.4) is 0 Å². The summed E-state index contributed by atoms with van der Waals surface area (Å²) in [6.45, 7) is 3.28. The minimum atomic E-state index is -0.312. The molecule has 0 saturated carbocycles. The van der Waals surface area contributed by atoms with Gasteiger partial charge < -0.3 is 14.8 Å². The van der Waals surface area contributed by atoms with E-state index in [1.807, 2.05) is 48.5 Å². The number of amides is 1. The molecule has 0 spiro atoms. The first-order valence-corrected chi connectivity index (χ1v) is 11.7. The fraction of sp³-hybridized carbons (Fsp3) is 0.259. The zero-order chi connectivity index (χ0) is 23.3. The lowest BCUT2D eigenvalue weighted by Gasteiger charge is -2.13. The van der Waals surface area contributed by atoms with Gasteiger partial charge in [0.15, 0.2) is 5.11 Å². The molecule has 0 radical (unpaired) electrons. The Labute approximate surface area is 201 Å². The molecule has 0 aliphatic rings. The number of carbonyl (C=O) groups is 1. The second kappa shape index (κ2) is 13.2. The summed E-state index contributed by atoms with van der Waals surface area (Å²) < 4.78 is 11.6. The van der Waals surface area contributed by atoms with Gasteiger partial charge in [-0.2, -0.15) is 0 Å². The first kappa shape index (κ1) is 24.3. The van der Waals surface area contributed by atoms with Gasteiger partial charge in [-0.15, -0.1) is 0 Å². The first-order valence-electron chi connectivity index (χ1n) is 11.3. The molecule has 0 aliphatic carbocycles. The van der Waals surface area contributed by atoms with Crippen LogP contribution in [0.4, 0.5) is 5.69 Å². The summed E-state index contributed by atoms with van der Waals surface area (Å²) in [4.78, 5) is 12.7. The minimum absolute atomic E-state index is 0.213. The lowest BCUT2D eigenvalue weighted by Crippen LogP contribution is -2.34. The SMILES string of the molecule is CCCCOc1ccccc1C(=O)NC(=S)Nc1cccc(OCCCc2ccccc2)c1. The Morgan fingerprint density at radius 2 is 1.64 bits per heavy atom. The van der Waals surface area contributed by atoms with Crippen molar-refractivity contribution in [2.45, 2.75) is 32.6 Å². The Bertz CT molecular complexity index is 1040. The molecular formula is C27H30N2O3S. The lowest BCUT2D eigenvalue weighted by atomic mass is 10.1. The number of anilines is 1. The van der Waals surface area contributed by atoms with Crippen LogP contribution in [-0.2, 0) is 6.42 Å². The maximum atomic E-state index is 12.7. The van der Waals surface area contributed by atoms with Crippen LogP contribution in [-0.4, -0.2) is 24.2 Å². The van der Waals surface area contributed by atoms with Crippen LogP contribution in [0.1, 0.15) is 42.1 Å². The van der Waals surface area contributed by atoms with Gasteiger partial charge in [-0.3, -0.25) is 10.1 Å². The summed E-state index contributed by atoms with van der Waals surface area (Å²) >= 11 is 5.34. The molecule has 0 aromatic heterocycles. The normalized spacial score (nSPS) is 10.3. The van der Waals surface area contributed by atoms with Gasteiger partial charge in [-0.25, -0.2) is 0 Å². The highest BCUT2D eigenvalue weighted by molar-refractivity contribution is 7.80. The summed E-state index contributed by atoms with van der Waals surface area (Å²) in [7, 11) is 0. The standard InChI is InChI=1S/C27H30N2O3S/c1-2-3-18-32-25-17-8-7-16-24(25)26(30)29-27(33)28-22-14-9-15-23(20-22)31-19-10-13-21-11-5-4-6-12-21/h4-9,11-12,14-17,20H,2-3,10,13,18-19H2,1H3,(H2,28,29,30,33). The van der Waals surface area contributed by atoms with Gasteiger partial charge in [0.25, 0.3) is 5.91 Å². The molecule has 1 amide bonds. The van der Waals surface area contributed by atoms with Crippen molar-refractivity contribution in [3.8, 4) is 11.5 Å². The molecule has 6 heteroatoms. The average molecular weight is 463 g/mol. The number of carbonyl (C=O) groups excluding carboxylic acids is 1. The first-order chi connectivity index (χ1) is 16.2. The molecule has 3 rings (SSSR count). The third-order valence-electron chi connectivity index (χ3n) is 4.93. The quantitative estimate of drug-likeness (QED) is 0.270. The maximum Gasteiger partial charge on any atom is 0.261 e. The molecule has 33 heavy (non-hydrogen) atoms. The van der Waals surface area contributed by atoms with Gasteiger partial charge in [-0.05, 0) is 61.3 Å². The molecule has 0 saturated heterocycles.